The van der Waals surface area contributed by atoms with E-state index in [0.29, 0.717) is 0 Å². The van der Waals surface area contributed by atoms with Gasteiger partial charge in [0.05, 0.1) is 10.6 Å². The molecule has 3 nitrogen and oxygen atoms in total. The van der Waals surface area contributed by atoms with Gasteiger partial charge in [-0.3, -0.25) is 4.79 Å². The molecule has 0 bridgehead atoms. The summed E-state index contributed by atoms with van der Waals surface area (Å²) in [4.78, 5) is 12.7. The zero-order chi connectivity index (χ0) is 14.7. The molecular formula is C14H13ClFNO2S. The average molecular weight is 314 g/mol. The van der Waals surface area contributed by atoms with Crippen molar-refractivity contribution in [1.29, 1.82) is 0 Å². The highest BCUT2D eigenvalue weighted by Crippen LogP contribution is 2.23. The van der Waals surface area contributed by atoms with Crippen LogP contribution in [0.2, 0.25) is 5.02 Å². The van der Waals surface area contributed by atoms with Crippen LogP contribution < -0.4 is 5.32 Å². The smallest absolute Gasteiger partial charge is 0.255 e. The van der Waals surface area contributed by atoms with E-state index < -0.39 is 17.8 Å². The number of amides is 1. The quantitative estimate of drug-likeness (QED) is 0.910. The Balaban J connectivity index is 2.04. The van der Waals surface area contributed by atoms with E-state index >= 15 is 0 Å². The standard InChI is InChI=1S/C14H13ClFNO2S/c1-8-5-6-20-13(8)11(18)7-17-14(19)12-9(15)3-2-4-10(12)16/h2-6,11,18H,7H2,1H3,(H,17,19)/t11-/m0/s1. The molecule has 6 heteroatoms. The molecule has 0 saturated heterocycles. The van der Waals surface area contributed by atoms with Gasteiger partial charge in [-0.2, -0.15) is 0 Å². The van der Waals surface area contributed by atoms with Crippen molar-refractivity contribution in [2.24, 2.45) is 0 Å². The molecule has 1 atom stereocenters. The summed E-state index contributed by atoms with van der Waals surface area (Å²) in [7, 11) is 0. The Labute approximate surface area is 125 Å². The maximum Gasteiger partial charge on any atom is 0.255 e. The van der Waals surface area contributed by atoms with Gasteiger partial charge in [-0.15, -0.1) is 11.3 Å². The van der Waals surface area contributed by atoms with Crippen LogP contribution >= 0.6 is 22.9 Å². The lowest BCUT2D eigenvalue weighted by Crippen LogP contribution is -2.29. The van der Waals surface area contributed by atoms with Crippen LogP contribution in [0.5, 0.6) is 0 Å². The van der Waals surface area contributed by atoms with E-state index in [1.165, 1.54) is 29.5 Å². The van der Waals surface area contributed by atoms with Gasteiger partial charge in [0.15, 0.2) is 0 Å². The van der Waals surface area contributed by atoms with Gasteiger partial charge >= 0.3 is 0 Å². The molecule has 2 aromatic rings. The van der Waals surface area contributed by atoms with Crippen LogP contribution in [0.3, 0.4) is 0 Å². The minimum absolute atomic E-state index is 0.00481. The van der Waals surface area contributed by atoms with Crippen LogP contribution in [0.4, 0.5) is 4.39 Å². The van der Waals surface area contributed by atoms with Crippen molar-refractivity contribution in [3.05, 3.63) is 56.5 Å². The van der Waals surface area contributed by atoms with Crippen LogP contribution in [0, 0.1) is 12.7 Å². The van der Waals surface area contributed by atoms with E-state index in [4.69, 9.17) is 11.6 Å². The number of hydrogen-bond acceptors (Lipinski definition) is 3. The number of thiophene rings is 1. The molecule has 1 heterocycles. The Morgan fingerprint density at radius 3 is 2.85 bits per heavy atom. The molecule has 1 aromatic heterocycles. The minimum Gasteiger partial charge on any atom is -0.386 e. The first-order chi connectivity index (χ1) is 9.50. The molecule has 0 saturated carbocycles. The zero-order valence-electron chi connectivity index (χ0n) is 10.7. The summed E-state index contributed by atoms with van der Waals surface area (Å²) in [5, 5.41) is 14.4. The number of carbonyl (C=O) groups excluding carboxylic acids is 1. The summed E-state index contributed by atoms with van der Waals surface area (Å²) in [6.45, 7) is 1.88. The van der Waals surface area contributed by atoms with Gasteiger partial charge in [0, 0.05) is 11.4 Å². The molecule has 0 aliphatic carbocycles. The lowest BCUT2D eigenvalue weighted by Gasteiger charge is -2.12. The van der Waals surface area contributed by atoms with Gasteiger partial charge in [-0.05, 0) is 36.1 Å². The van der Waals surface area contributed by atoms with Crippen molar-refractivity contribution in [3.63, 3.8) is 0 Å². The average Bonchev–Trinajstić information content (AvgIpc) is 2.82. The first kappa shape index (κ1) is 15.0. The number of aryl methyl sites for hydroxylation is 1. The first-order valence-corrected chi connectivity index (χ1v) is 7.20. The van der Waals surface area contributed by atoms with Crippen LogP contribution in [0.1, 0.15) is 26.9 Å². The Morgan fingerprint density at radius 1 is 1.50 bits per heavy atom. The monoisotopic (exact) mass is 313 g/mol. The molecule has 0 fully saturated rings. The molecule has 0 spiro atoms. The number of aliphatic hydroxyl groups is 1. The molecular weight excluding hydrogens is 301 g/mol. The molecule has 1 aromatic carbocycles. The van der Waals surface area contributed by atoms with Crippen molar-refractivity contribution in [2.75, 3.05) is 6.54 Å². The van der Waals surface area contributed by atoms with E-state index in [2.05, 4.69) is 5.32 Å². The first-order valence-electron chi connectivity index (χ1n) is 5.95. The van der Waals surface area contributed by atoms with Crippen LogP contribution in [-0.4, -0.2) is 17.6 Å². The maximum absolute atomic E-state index is 13.6. The largest absolute Gasteiger partial charge is 0.386 e. The molecule has 106 valence electrons. The third-order valence-corrected chi connectivity index (χ3v) is 4.29. The lowest BCUT2D eigenvalue weighted by molar-refractivity contribution is 0.0914. The van der Waals surface area contributed by atoms with E-state index in [9.17, 15) is 14.3 Å². The number of halogens is 2. The highest BCUT2D eigenvalue weighted by atomic mass is 35.5. The van der Waals surface area contributed by atoms with Crippen molar-refractivity contribution in [2.45, 2.75) is 13.0 Å². The van der Waals surface area contributed by atoms with E-state index in [1.54, 1.807) is 0 Å². The predicted octanol–water partition coefficient (Wildman–Crippen LogP) is 3.31. The summed E-state index contributed by atoms with van der Waals surface area (Å²) in [6.07, 6.45) is -0.815. The fourth-order valence-corrected chi connectivity index (χ4v) is 2.97. The summed E-state index contributed by atoms with van der Waals surface area (Å²) < 4.78 is 13.6. The lowest BCUT2D eigenvalue weighted by atomic mass is 10.1. The fraction of sp³-hybridized carbons (Fsp3) is 0.214. The number of nitrogens with one attached hydrogen (secondary N) is 1. The summed E-state index contributed by atoms with van der Waals surface area (Å²) in [5.41, 5.74) is 0.755. The van der Waals surface area contributed by atoms with E-state index in [1.807, 2.05) is 18.4 Å². The summed E-state index contributed by atoms with van der Waals surface area (Å²) in [5.74, 6) is -1.32. The highest BCUT2D eigenvalue weighted by molar-refractivity contribution is 7.10. The fourth-order valence-electron chi connectivity index (χ4n) is 1.81. The second-order valence-corrected chi connectivity index (χ2v) is 5.65. The Bertz CT molecular complexity index is 609. The van der Waals surface area contributed by atoms with Crippen LogP contribution in [0.25, 0.3) is 0 Å². The number of hydrogen-bond donors (Lipinski definition) is 2. The zero-order valence-corrected chi connectivity index (χ0v) is 12.3. The van der Waals surface area contributed by atoms with E-state index in [0.717, 1.165) is 10.4 Å². The molecule has 0 aliphatic rings. The van der Waals surface area contributed by atoms with Crippen molar-refractivity contribution in [3.8, 4) is 0 Å². The SMILES string of the molecule is Cc1ccsc1[C@@H](O)CNC(=O)c1c(F)cccc1Cl. The van der Waals surface area contributed by atoms with Gasteiger partial charge in [0.2, 0.25) is 0 Å². The van der Waals surface area contributed by atoms with E-state index in [-0.39, 0.29) is 17.1 Å². The Hall–Kier alpha value is -1.43. The molecule has 0 aliphatic heterocycles. The van der Waals surface area contributed by atoms with Crippen LogP contribution in [0.15, 0.2) is 29.6 Å². The predicted molar refractivity (Wildman–Crippen MR) is 77.8 cm³/mol. The number of carbonyl (C=O) groups is 1. The molecule has 1 amide bonds. The molecule has 0 radical (unpaired) electrons. The normalized spacial score (nSPS) is 12.2. The van der Waals surface area contributed by atoms with Crippen molar-refractivity contribution >= 4 is 28.8 Å². The topological polar surface area (TPSA) is 49.3 Å². The number of benzene rings is 1. The van der Waals surface area contributed by atoms with Crippen molar-refractivity contribution in [1.82, 2.24) is 5.32 Å². The summed E-state index contributed by atoms with van der Waals surface area (Å²) >= 11 is 7.21. The highest BCUT2D eigenvalue weighted by Gasteiger charge is 2.18. The summed E-state index contributed by atoms with van der Waals surface area (Å²) in [6, 6.07) is 5.93. The molecule has 2 N–H and O–H groups in total. The third kappa shape index (κ3) is 3.17. The van der Waals surface area contributed by atoms with Gasteiger partial charge in [-0.1, -0.05) is 17.7 Å². The second-order valence-electron chi connectivity index (χ2n) is 4.29. The Morgan fingerprint density at radius 2 is 2.25 bits per heavy atom. The molecule has 20 heavy (non-hydrogen) atoms. The molecule has 0 unspecified atom stereocenters. The van der Waals surface area contributed by atoms with Gasteiger partial charge in [-0.25, -0.2) is 4.39 Å². The van der Waals surface area contributed by atoms with Gasteiger partial charge < -0.3 is 10.4 Å². The second kappa shape index (κ2) is 6.35. The van der Waals surface area contributed by atoms with Gasteiger partial charge in [0.1, 0.15) is 11.9 Å². The minimum atomic E-state index is -0.815. The van der Waals surface area contributed by atoms with Gasteiger partial charge in [0.25, 0.3) is 5.91 Å². The van der Waals surface area contributed by atoms with Crippen molar-refractivity contribution < 1.29 is 14.3 Å². The maximum atomic E-state index is 13.6. The van der Waals surface area contributed by atoms with Crippen LogP contribution in [-0.2, 0) is 0 Å². The Kier molecular flexibility index (Phi) is 4.75. The third-order valence-electron chi connectivity index (χ3n) is 2.85. The number of aliphatic hydroxyl groups excluding tert-OH is 1. The molecule has 2 rings (SSSR count). The number of rotatable bonds is 4.